The second kappa shape index (κ2) is 4.41. The van der Waals surface area contributed by atoms with Crippen molar-refractivity contribution in [2.45, 2.75) is 25.7 Å². The quantitative estimate of drug-likeness (QED) is 0.777. The van der Waals surface area contributed by atoms with Gasteiger partial charge in [-0.3, -0.25) is 9.59 Å². The van der Waals surface area contributed by atoms with E-state index >= 15 is 0 Å². The smallest absolute Gasteiger partial charge is 0.181 e. The van der Waals surface area contributed by atoms with Gasteiger partial charge in [0.1, 0.15) is 5.41 Å². The zero-order valence-corrected chi connectivity index (χ0v) is 11.6. The van der Waals surface area contributed by atoms with Gasteiger partial charge in [0.05, 0.1) is 0 Å². The van der Waals surface area contributed by atoms with Crippen LogP contribution in [-0.4, -0.2) is 11.6 Å². The van der Waals surface area contributed by atoms with Crippen molar-refractivity contribution >= 4 is 11.6 Å². The molecule has 100 valence electrons. The van der Waals surface area contributed by atoms with E-state index in [2.05, 4.69) is 6.92 Å². The number of aryl methyl sites for hydroxylation is 1. The highest BCUT2D eigenvalue weighted by molar-refractivity contribution is 6.32. The normalized spacial score (nSPS) is 16.3. The first-order valence-corrected chi connectivity index (χ1v) is 6.87. The summed E-state index contributed by atoms with van der Waals surface area (Å²) >= 11 is 0. The average Bonchev–Trinajstić information content (AvgIpc) is 2.71. The molecule has 2 aromatic carbocycles. The van der Waals surface area contributed by atoms with Crippen LogP contribution in [0.1, 0.15) is 45.7 Å². The first kappa shape index (κ1) is 12.8. The summed E-state index contributed by atoms with van der Waals surface area (Å²) in [4.78, 5) is 25.4. The van der Waals surface area contributed by atoms with Gasteiger partial charge < -0.3 is 0 Å². The Labute approximate surface area is 118 Å². The van der Waals surface area contributed by atoms with E-state index in [4.69, 9.17) is 0 Å². The summed E-state index contributed by atoms with van der Waals surface area (Å²) < 4.78 is 0. The van der Waals surface area contributed by atoms with Crippen LogP contribution in [0.5, 0.6) is 0 Å². The van der Waals surface area contributed by atoms with E-state index in [0.29, 0.717) is 11.1 Å². The van der Waals surface area contributed by atoms with Gasteiger partial charge in [0.25, 0.3) is 0 Å². The van der Waals surface area contributed by atoms with Crippen molar-refractivity contribution < 1.29 is 9.59 Å². The molecule has 0 atom stereocenters. The number of hydrogen-bond acceptors (Lipinski definition) is 2. The number of fused-ring (bicyclic) bond motifs is 1. The molecule has 0 N–H and O–H groups in total. The van der Waals surface area contributed by atoms with Crippen LogP contribution in [0.4, 0.5) is 0 Å². The van der Waals surface area contributed by atoms with Crippen molar-refractivity contribution in [3.8, 4) is 0 Å². The summed E-state index contributed by atoms with van der Waals surface area (Å²) in [5.41, 5.74) is 1.95. The van der Waals surface area contributed by atoms with Crippen LogP contribution < -0.4 is 0 Å². The standard InChI is InChI=1S/C18H16O2/c1-3-12-7-6-8-13(11-12)18(2)16(19)14-9-4-5-10-15(14)17(18)20/h4-11H,3H2,1-2H3. The van der Waals surface area contributed by atoms with E-state index in [9.17, 15) is 9.59 Å². The SMILES string of the molecule is CCc1cccc(C2(C)C(=O)c3ccccc3C2=O)c1. The lowest BCUT2D eigenvalue weighted by Crippen LogP contribution is -2.34. The first-order valence-electron chi connectivity index (χ1n) is 6.87. The summed E-state index contributed by atoms with van der Waals surface area (Å²) in [5, 5.41) is 0. The number of ketones is 2. The molecule has 3 rings (SSSR count). The lowest BCUT2D eigenvalue weighted by atomic mass is 9.77. The van der Waals surface area contributed by atoms with Gasteiger partial charge in [-0.2, -0.15) is 0 Å². The van der Waals surface area contributed by atoms with Gasteiger partial charge in [-0.15, -0.1) is 0 Å². The number of rotatable bonds is 2. The van der Waals surface area contributed by atoms with Crippen LogP contribution in [0.2, 0.25) is 0 Å². The lowest BCUT2D eigenvalue weighted by molar-refractivity contribution is 0.0810. The molecular formula is C18H16O2. The van der Waals surface area contributed by atoms with Crippen LogP contribution in [-0.2, 0) is 11.8 Å². The second-order valence-electron chi connectivity index (χ2n) is 5.38. The molecule has 0 aromatic heterocycles. The molecule has 0 saturated carbocycles. The van der Waals surface area contributed by atoms with E-state index in [-0.39, 0.29) is 11.6 Å². The predicted octanol–water partition coefficient (Wildman–Crippen LogP) is 3.59. The van der Waals surface area contributed by atoms with Gasteiger partial charge in [-0.1, -0.05) is 55.5 Å². The molecule has 0 spiro atoms. The van der Waals surface area contributed by atoms with Gasteiger partial charge in [-0.05, 0) is 24.5 Å². The number of carbonyl (C=O) groups excluding carboxylic acids is 2. The predicted molar refractivity (Wildman–Crippen MR) is 78.3 cm³/mol. The maximum atomic E-state index is 12.7. The van der Waals surface area contributed by atoms with Crippen molar-refractivity contribution in [2.75, 3.05) is 0 Å². The highest BCUT2D eigenvalue weighted by Gasteiger charge is 2.50. The molecule has 0 heterocycles. The zero-order valence-electron chi connectivity index (χ0n) is 11.6. The fraction of sp³-hybridized carbons (Fsp3) is 0.222. The summed E-state index contributed by atoms with van der Waals surface area (Å²) in [6, 6.07) is 14.9. The third-order valence-electron chi connectivity index (χ3n) is 4.24. The maximum Gasteiger partial charge on any atom is 0.181 e. The number of carbonyl (C=O) groups is 2. The Morgan fingerprint density at radius 1 is 0.900 bits per heavy atom. The molecule has 2 aromatic rings. The van der Waals surface area contributed by atoms with Crippen LogP contribution in [0.25, 0.3) is 0 Å². The van der Waals surface area contributed by atoms with Gasteiger partial charge >= 0.3 is 0 Å². The molecule has 0 unspecified atom stereocenters. The molecule has 1 aliphatic rings. The Morgan fingerprint density at radius 3 is 2.05 bits per heavy atom. The zero-order chi connectivity index (χ0) is 14.3. The van der Waals surface area contributed by atoms with Crippen molar-refractivity contribution in [1.82, 2.24) is 0 Å². The van der Waals surface area contributed by atoms with E-state index < -0.39 is 5.41 Å². The van der Waals surface area contributed by atoms with Crippen LogP contribution >= 0.6 is 0 Å². The molecule has 0 saturated heterocycles. The van der Waals surface area contributed by atoms with Gasteiger partial charge in [0.2, 0.25) is 0 Å². The second-order valence-corrected chi connectivity index (χ2v) is 5.38. The first-order chi connectivity index (χ1) is 9.59. The molecule has 0 radical (unpaired) electrons. The Kier molecular flexibility index (Phi) is 2.82. The maximum absolute atomic E-state index is 12.7. The fourth-order valence-electron chi connectivity index (χ4n) is 2.89. The van der Waals surface area contributed by atoms with Crippen LogP contribution in [0.3, 0.4) is 0 Å². The minimum Gasteiger partial charge on any atom is -0.293 e. The van der Waals surface area contributed by atoms with E-state index in [1.807, 2.05) is 24.3 Å². The topological polar surface area (TPSA) is 34.1 Å². The van der Waals surface area contributed by atoms with Crippen molar-refractivity contribution in [3.05, 3.63) is 70.8 Å². The fourth-order valence-corrected chi connectivity index (χ4v) is 2.89. The van der Waals surface area contributed by atoms with E-state index in [1.165, 1.54) is 0 Å². The van der Waals surface area contributed by atoms with E-state index in [0.717, 1.165) is 17.5 Å². The molecule has 20 heavy (non-hydrogen) atoms. The molecule has 1 aliphatic carbocycles. The Hall–Kier alpha value is -2.22. The molecule has 0 aliphatic heterocycles. The van der Waals surface area contributed by atoms with Gasteiger partial charge in [0, 0.05) is 11.1 Å². The summed E-state index contributed by atoms with van der Waals surface area (Å²) in [5.74, 6) is -0.183. The van der Waals surface area contributed by atoms with Crippen molar-refractivity contribution in [3.63, 3.8) is 0 Å². The third kappa shape index (κ3) is 1.58. The van der Waals surface area contributed by atoms with Crippen molar-refractivity contribution in [1.29, 1.82) is 0 Å². The average molecular weight is 264 g/mol. The highest BCUT2D eigenvalue weighted by atomic mass is 16.2. The van der Waals surface area contributed by atoms with Crippen LogP contribution in [0, 0.1) is 0 Å². The molecular weight excluding hydrogens is 248 g/mol. The monoisotopic (exact) mass is 264 g/mol. The van der Waals surface area contributed by atoms with Gasteiger partial charge in [-0.25, -0.2) is 0 Å². The Balaban J connectivity index is 2.19. The lowest BCUT2D eigenvalue weighted by Gasteiger charge is -2.21. The Morgan fingerprint density at radius 2 is 1.50 bits per heavy atom. The Bertz CT molecular complexity index is 678. The molecule has 0 fully saturated rings. The van der Waals surface area contributed by atoms with Crippen LogP contribution in [0.15, 0.2) is 48.5 Å². The molecule has 2 heteroatoms. The minimum absolute atomic E-state index is 0.0913. The van der Waals surface area contributed by atoms with Crippen molar-refractivity contribution in [2.24, 2.45) is 0 Å². The van der Waals surface area contributed by atoms with Gasteiger partial charge in [0.15, 0.2) is 11.6 Å². The summed E-state index contributed by atoms with van der Waals surface area (Å²) in [6.07, 6.45) is 0.888. The van der Waals surface area contributed by atoms with E-state index in [1.54, 1.807) is 31.2 Å². The number of hydrogen-bond donors (Lipinski definition) is 0. The molecule has 2 nitrogen and oxygen atoms in total. The highest BCUT2D eigenvalue weighted by Crippen LogP contribution is 2.39. The molecule has 0 bridgehead atoms. The summed E-state index contributed by atoms with van der Waals surface area (Å²) in [7, 11) is 0. The number of Topliss-reactive ketones (excluding diaryl/α,β-unsaturated/α-hetero) is 2. The third-order valence-corrected chi connectivity index (χ3v) is 4.24. The summed E-state index contributed by atoms with van der Waals surface area (Å²) in [6.45, 7) is 3.81. The largest absolute Gasteiger partial charge is 0.293 e. The number of benzene rings is 2. The minimum atomic E-state index is -1.07. The molecule has 0 amide bonds.